The molecule has 1 heteroatoms. The summed E-state index contributed by atoms with van der Waals surface area (Å²) < 4.78 is 0. The predicted octanol–water partition coefficient (Wildman–Crippen LogP) is 3.96. The summed E-state index contributed by atoms with van der Waals surface area (Å²) in [5.41, 5.74) is 5.14. The fourth-order valence-electron chi connectivity index (χ4n) is 2.15. The van der Waals surface area contributed by atoms with Gasteiger partial charge in [0.05, 0.1) is 6.07 Å². The summed E-state index contributed by atoms with van der Waals surface area (Å²) in [4.78, 5) is 0. The zero-order valence-corrected chi connectivity index (χ0v) is 9.83. The van der Waals surface area contributed by atoms with Gasteiger partial charge in [-0.3, -0.25) is 0 Å². The molecule has 0 saturated carbocycles. The first-order valence-electron chi connectivity index (χ1n) is 5.23. The summed E-state index contributed by atoms with van der Waals surface area (Å²) in [7, 11) is 0. The van der Waals surface area contributed by atoms with Crippen LogP contribution in [0.5, 0.6) is 0 Å². The number of allylic oxidation sites excluding steroid dienone is 1. The van der Waals surface area contributed by atoms with Crippen LogP contribution in [0.4, 0.5) is 0 Å². The highest BCUT2D eigenvalue weighted by Crippen LogP contribution is 2.24. The highest BCUT2D eigenvalue weighted by Gasteiger charge is 2.07. The van der Waals surface area contributed by atoms with Gasteiger partial charge in [0, 0.05) is 6.08 Å². The average Bonchev–Trinajstić information content (AvgIpc) is 2.12. The SMILES string of the molecule is Cc1cc(/C=C\C#N)cc(C)c1C(C)C. The molecule has 0 heterocycles. The molecule has 1 aromatic rings. The van der Waals surface area contributed by atoms with E-state index in [1.165, 1.54) is 22.8 Å². The van der Waals surface area contributed by atoms with Crippen molar-refractivity contribution in [3.05, 3.63) is 40.5 Å². The number of nitriles is 1. The van der Waals surface area contributed by atoms with Crippen LogP contribution in [-0.4, -0.2) is 0 Å². The molecule has 0 atom stereocenters. The molecule has 78 valence electrons. The van der Waals surface area contributed by atoms with Crippen LogP contribution in [0.3, 0.4) is 0 Å². The van der Waals surface area contributed by atoms with Crippen LogP contribution in [0.25, 0.3) is 6.08 Å². The maximum atomic E-state index is 8.47. The Morgan fingerprint density at radius 1 is 1.20 bits per heavy atom. The molecule has 0 amide bonds. The largest absolute Gasteiger partial charge is 0.193 e. The number of benzene rings is 1. The molecule has 0 N–H and O–H groups in total. The van der Waals surface area contributed by atoms with Gasteiger partial charge in [-0.25, -0.2) is 0 Å². The van der Waals surface area contributed by atoms with Crippen LogP contribution in [-0.2, 0) is 0 Å². The van der Waals surface area contributed by atoms with E-state index in [1.807, 2.05) is 12.1 Å². The van der Waals surface area contributed by atoms with E-state index in [-0.39, 0.29) is 0 Å². The van der Waals surface area contributed by atoms with Crippen LogP contribution in [0.2, 0.25) is 0 Å². The van der Waals surface area contributed by atoms with Gasteiger partial charge in [-0.1, -0.05) is 26.0 Å². The number of nitrogens with zero attached hydrogens (tertiary/aromatic N) is 1. The molecule has 0 fully saturated rings. The van der Waals surface area contributed by atoms with Gasteiger partial charge in [-0.15, -0.1) is 0 Å². The van der Waals surface area contributed by atoms with Crippen LogP contribution in [0.15, 0.2) is 18.2 Å². The van der Waals surface area contributed by atoms with Crippen molar-refractivity contribution in [2.75, 3.05) is 0 Å². The number of hydrogen-bond donors (Lipinski definition) is 0. The standard InChI is InChI=1S/C14H17N/c1-10(2)14-11(3)8-13(6-5-7-15)9-12(14)4/h5-6,8-10H,1-4H3/b6-5-. The molecular weight excluding hydrogens is 182 g/mol. The molecule has 0 aromatic heterocycles. The van der Waals surface area contributed by atoms with Gasteiger partial charge >= 0.3 is 0 Å². The van der Waals surface area contributed by atoms with Crippen LogP contribution < -0.4 is 0 Å². The highest BCUT2D eigenvalue weighted by molar-refractivity contribution is 5.56. The summed E-state index contributed by atoms with van der Waals surface area (Å²) in [5, 5.41) is 8.47. The van der Waals surface area contributed by atoms with Crippen molar-refractivity contribution in [2.45, 2.75) is 33.6 Å². The molecule has 0 aliphatic carbocycles. The van der Waals surface area contributed by atoms with Crippen molar-refractivity contribution < 1.29 is 0 Å². The van der Waals surface area contributed by atoms with E-state index in [0.29, 0.717) is 5.92 Å². The molecule has 1 nitrogen and oxygen atoms in total. The van der Waals surface area contributed by atoms with Gasteiger partial charge in [0.1, 0.15) is 0 Å². The second kappa shape index (κ2) is 4.79. The monoisotopic (exact) mass is 199 g/mol. The summed E-state index contributed by atoms with van der Waals surface area (Å²) in [5.74, 6) is 0.555. The Morgan fingerprint density at radius 2 is 1.73 bits per heavy atom. The number of rotatable bonds is 2. The molecule has 0 aliphatic rings. The van der Waals surface area contributed by atoms with Crippen LogP contribution >= 0.6 is 0 Å². The zero-order chi connectivity index (χ0) is 11.4. The number of aryl methyl sites for hydroxylation is 2. The topological polar surface area (TPSA) is 23.8 Å². The lowest BCUT2D eigenvalue weighted by atomic mass is 9.91. The first-order valence-corrected chi connectivity index (χ1v) is 5.23. The third-order valence-corrected chi connectivity index (χ3v) is 2.54. The van der Waals surface area contributed by atoms with Gasteiger partial charge < -0.3 is 0 Å². The normalized spacial score (nSPS) is 10.9. The van der Waals surface area contributed by atoms with Crippen molar-refractivity contribution in [1.29, 1.82) is 5.26 Å². The molecule has 1 aromatic carbocycles. The minimum atomic E-state index is 0.555. The third-order valence-electron chi connectivity index (χ3n) is 2.54. The molecular formula is C14H17N. The van der Waals surface area contributed by atoms with E-state index in [2.05, 4.69) is 39.8 Å². The van der Waals surface area contributed by atoms with Gasteiger partial charge in [0.2, 0.25) is 0 Å². The van der Waals surface area contributed by atoms with Gasteiger partial charge in [0.15, 0.2) is 0 Å². The smallest absolute Gasteiger partial charge is 0.0912 e. The van der Waals surface area contributed by atoms with Gasteiger partial charge in [-0.05, 0) is 48.1 Å². The third kappa shape index (κ3) is 2.70. The highest BCUT2D eigenvalue weighted by atomic mass is 14.2. The van der Waals surface area contributed by atoms with E-state index in [9.17, 15) is 0 Å². The van der Waals surface area contributed by atoms with E-state index in [4.69, 9.17) is 5.26 Å². The van der Waals surface area contributed by atoms with Crippen molar-refractivity contribution in [3.63, 3.8) is 0 Å². The Morgan fingerprint density at radius 3 is 2.13 bits per heavy atom. The van der Waals surface area contributed by atoms with Gasteiger partial charge in [-0.2, -0.15) is 5.26 Å². The summed E-state index contributed by atoms with van der Waals surface area (Å²) in [6, 6.07) is 6.28. The summed E-state index contributed by atoms with van der Waals surface area (Å²) in [6.07, 6.45) is 3.37. The van der Waals surface area contributed by atoms with E-state index < -0.39 is 0 Å². The molecule has 0 unspecified atom stereocenters. The molecule has 0 bridgehead atoms. The van der Waals surface area contributed by atoms with Crippen LogP contribution in [0.1, 0.15) is 42.0 Å². The minimum absolute atomic E-state index is 0.555. The summed E-state index contributed by atoms with van der Waals surface area (Å²) >= 11 is 0. The van der Waals surface area contributed by atoms with Crippen LogP contribution in [0, 0.1) is 25.2 Å². The van der Waals surface area contributed by atoms with E-state index in [1.54, 1.807) is 0 Å². The lowest BCUT2D eigenvalue weighted by Crippen LogP contribution is -1.96. The van der Waals surface area contributed by atoms with E-state index >= 15 is 0 Å². The van der Waals surface area contributed by atoms with Crippen molar-refractivity contribution >= 4 is 6.08 Å². The summed E-state index contributed by atoms with van der Waals surface area (Å²) in [6.45, 7) is 8.68. The second-order valence-corrected chi connectivity index (χ2v) is 4.19. The fourth-order valence-corrected chi connectivity index (χ4v) is 2.15. The Hall–Kier alpha value is -1.55. The van der Waals surface area contributed by atoms with Crippen molar-refractivity contribution in [3.8, 4) is 6.07 Å². The van der Waals surface area contributed by atoms with Crippen molar-refractivity contribution in [2.24, 2.45) is 0 Å². The molecule has 0 spiro atoms. The molecule has 1 rings (SSSR count). The predicted molar refractivity (Wildman–Crippen MR) is 64.7 cm³/mol. The first kappa shape index (κ1) is 11.5. The first-order chi connectivity index (χ1) is 7.06. The zero-order valence-electron chi connectivity index (χ0n) is 9.83. The quantitative estimate of drug-likeness (QED) is 0.661. The molecule has 0 saturated heterocycles. The maximum absolute atomic E-state index is 8.47. The van der Waals surface area contributed by atoms with Gasteiger partial charge in [0.25, 0.3) is 0 Å². The molecule has 0 aliphatic heterocycles. The fraction of sp³-hybridized carbons (Fsp3) is 0.357. The van der Waals surface area contributed by atoms with E-state index in [0.717, 1.165) is 5.56 Å². The Kier molecular flexibility index (Phi) is 3.68. The number of hydrogen-bond acceptors (Lipinski definition) is 1. The minimum Gasteiger partial charge on any atom is -0.193 e. The molecule has 0 radical (unpaired) electrons. The lowest BCUT2D eigenvalue weighted by molar-refractivity contribution is 0.846. The average molecular weight is 199 g/mol. The van der Waals surface area contributed by atoms with Crippen molar-refractivity contribution in [1.82, 2.24) is 0 Å². The molecule has 15 heavy (non-hydrogen) atoms. The second-order valence-electron chi connectivity index (χ2n) is 4.19. The lowest BCUT2D eigenvalue weighted by Gasteiger charge is -2.14. The Bertz CT molecular complexity index is 396. The Balaban J connectivity index is 3.21. The Labute approximate surface area is 92.1 Å². The maximum Gasteiger partial charge on any atom is 0.0912 e.